The van der Waals surface area contributed by atoms with Crippen LogP contribution in [0.5, 0.6) is 0 Å². The van der Waals surface area contributed by atoms with E-state index in [9.17, 15) is 0 Å². The zero-order valence-corrected chi connectivity index (χ0v) is 18.9. The second-order valence-corrected chi connectivity index (χ2v) is 7.47. The van der Waals surface area contributed by atoms with Crippen LogP contribution in [0.1, 0.15) is 38.2 Å². The molecule has 1 N–H and O–H groups in total. The average molecular weight is 491 g/mol. The molecule has 2 fully saturated rings. The zero-order valence-electron chi connectivity index (χ0n) is 15.8. The molecule has 26 heavy (non-hydrogen) atoms. The van der Waals surface area contributed by atoms with Crippen LogP contribution >= 0.6 is 35.6 Å². The van der Waals surface area contributed by atoms with Gasteiger partial charge in [-0.25, -0.2) is 0 Å². The van der Waals surface area contributed by atoms with Gasteiger partial charge >= 0.3 is 0 Å². The number of hydrogen-bond acceptors (Lipinski definition) is 2. The van der Waals surface area contributed by atoms with E-state index in [1.807, 2.05) is 12.1 Å². The van der Waals surface area contributed by atoms with Gasteiger partial charge in [0, 0.05) is 37.2 Å². The largest absolute Gasteiger partial charge is 0.357 e. The highest BCUT2D eigenvalue weighted by Crippen LogP contribution is 2.20. The molecule has 0 aromatic heterocycles. The molecule has 1 aromatic rings. The van der Waals surface area contributed by atoms with Gasteiger partial charge in [-0.2, -0.15) is 0 Å². The van der Waals surface area contributed by atoms with Crippen LogP contribution in [0.25, 0.3) is 0 Å². The maximum absolute atomic E-state index is 6.24. The Morgan fingerprint density at radius 2 is 2.00 bits per heavy atom. The summed E-state index contributed by atoms with van der Waals surface area (Å²) in [5, 5.41) is 4.34. The van der Waals surface area contributed by atoms with Crippen LogP contribution in [0.3, 0.4) is 0 Å². The SMILES string of the molecule is CCNC(=NCCCc1ccccc1Cl)N1CCC(N2CCCC2)C1.I. The fourth-order valence-electron chi connectivity index (χ4n) is 3.92. The van der Waals surface area contributed by atoms with Crippen LogP contribution in [-0.4, -0.2) is 61.1 Å². The number of guanidine groups is 1. The van der Waals surface area contributed by atoms with Crippen LogP contribution in [-0.2, 0) is 6.42 Å². The predicted molar refractivity (Wildman–Crippen MR) is 122 cm³/mol. The Kier molecular flexibility index (Phi) is 9.50. The standard InChI is InChI=1S/C20H31ClN4.HI/c1-2-22-20(23-12-7-9-17-8-3-4-10-19(17)21)25-15-11-18(16-25)24-13-5-6-14-24;/h3-4,8,10,18H,2,5-7,9,11-16H2,1H3,(H,22,23);1H. The van der Waals surface area contributed by atoms with Gasteiger partial charge in [0.2, 0.25) is 0 Å². The molecule has 0 saturated carbocycles. The molecular formula is C20H32ClIN4. The topological polar surface area (TPSA) is 30.9 Å². The molecule has 2 heterocycles. The van der Waals surface area contributed by atoms with Gasteiger partial charge < -0.3 is 10.2 Å². The summed E-state index contributed by atoms with van der Waals surface area (Å²) >= 11 is 6.24. The number of nitrogens with one attached hydrogen (secondary N) is 1. The molecule has 0 spiro atoms. The lowest BCUT2D eigenvalue weighted by Crippen LogP contribution is -2.42. The molecule has 0 radical (unpaired) electrons. The summed E-state index contributed by atoms with van der Waals surface area (Å²) in [5.74, 6) is 1.09. The predicted octanol–water partition coefficient (Wildman–Crippen LogP) is 4.03. The minimum atomic E-state index is 0. The normalized spacial score (nSPS) is 21.1. The van der Waals surface area contributed by atoms with E-state index in [4.69, 9.17) is 16.6 Å². The second-order valence-electron chi connectivity index (χ2n) is 7.06. The molecule has 0 aliphatic carbocycles. The van der Waals surface area contributed by atoms with Gasteiger partial charge in [-0.05, 0) is 63.7 Å². The maximum atomic E-state index is 6.24. The van der Waals surface area contributed by atoms with E-state index < -0.39 is 0 Å². The molecule has 2 aliphatic heterocycles. The third-order valence-corrected chi connectivity index (χ3v) is 5.65. The lowest BCUT2D eigenvalue weighted by molar-refractivity contribution is 0.249. The van der Waals surface area contributed by atoms with Crippen molar-refractivity contribution in [2.24, 2.45) is 4.99 Å². The molecule has 0 bridgehead atoms. The molecule has 2 saturated heterocycles. The van der Waals surface area contributed by atoms with Gasteiger partial charge in [0.25, 0.3) is 0 Å². The summed E-state index contributed by atoms with van der Waals surface area (Å²) in [4.78, 5) is 9.99. The van der Waals surface area contributed by atoms with E-state index in [1.54, 1.807) is 0 Å². The van der Waals surface area contributed by atoms with E-state index in [2.05, 4.69) is 34.2 Å². The van der Waals surface area contributed by atoms with Crippen molar-refractivity contribution in [1.82, 2.24) is 15.1 Å². The highest BCUT2D eigenvalue weighted by atomic mass is 127. The first-order valence-electron chi connectivity index (χ1n) is 9.78. The minimum absolute atomic E-state index is 0. The Hall–Kier alpha value is -0.530. The van der Waals surface area contributed by atoms with E-state index in [0.29, 0.717) is 0 Å². The molecule has 1 aromatic carbocycles. The lowest BCUT2D eigenvalue weighted by atomic mass is 10.1. The molecule has 2 aliphatic rings. The van der Waals surface area contributed by atoms with Gasteiger partial charge in [0.1, 0.15) is 0 Å². The second kappa shape index (κ2) is 11.3. The minimum Gasteiger partial charge on any atom is -0.357 e. The molecular weight excluding hydrogens is 459 g/mol. The number of likely N-dealkylation sites (tertiary alicyclic amines) is 2. The van der Waals surface area contributed by atoms with E-state index >= 15 is 0 Å². The van der Waals surface area contributed by atoms with Crippen LogP contribution < -0.4 is 5.32 Å². The number of halogens is 2. The molecule has 1 atom stereocenters. The fourth-order valence-corrected chi connectivity index (χ4v) is 4.15. The van der Waals surface area contributed by atoms with Gasteiger partial charge in [-0.15, -0.1) is 24.0 Å². The van der Waals surface area contributed by atoms with Crippen LogP contribution in [0, 0.1) is 0 Å². The Balaban J connectivity index is 0.00000243. The van der Waals surface area contributed by atoms with Crippen LogP contribution in [0.4, 0.5) is 0 Å². The van der Waals surface area contributed by atoms with Crippen molar-refractivity contribution in [2.45, 2.75) is 45.1 Å². The third-order valence-electron chi connectivity index (χ3n) is 5.28. The fraction of sp³-hybridized carbons (Fsp3) is 0.650. The van der Waals surface area contributed by atoms with Crippen molar-refractivity contribution in [3.8, 4) is 0 Å². The molecule has 6 heteroatoms. The van der Waals surface area contributed by atoms with Gasteiger partial charge in [0.05, 0.1) is 0 Å². The monoisotopic (exact) mass is 490 g/mol. The van der Waals surface area contributed by atoms with Crippen LogP contribution in [0.2, 0.25) is 5.02 Å². The average Bonchev–Trinajstić information content (AvgIpc) is 3.30. The first-order valence-corrected chi connectivity index (χ1v) is 10.2. The number of benzene rings is 1. The van der Waals surface area contributed by atoms with E-state index in [0.717, 1.165) is 56.0 Å². The first kappa shape index (κ1) is 21.8. The van der Waals surface area contributed by atoms with Crippen molar-refractivity contribution >= 4 is 41.5 Å². The molecule has 4 nitrogen and oxygen atoms in total. The number of nitrogens with zero attached hydrogens (tertiary/aromatic N) is 3. The quantitative estimate of drug-likeness (QED) is 0.283. The smallest absolute Gasteiger partial charge is 0.193 e. The number of aryl methyl sites for hydroxylation is 1. The maximum Gasteiger partial charge on any atom is 0.193 e. The highest BCUT2D eigenvalue weighted by Gasteiger charge is 2.30. The summed E-state index contributed by atoms with van der Waals surface area (Å²) in [7, 11) is 0. The van der Waals surface area contributed by atoms with Gasteiger partial charge in [0.15, 0.2) is 5.96 Å². The van der Waals surface area contributed by atoms with Gasteiger partial charge in [-0.1, -0.05) is 29.8 Å². The molecule has 1 unspecified atom stereocenters. The Morgan fingerprint density at radius 1 is 1.23 bits per heavy atom. The van der Waals surface area contributed by atoms with Crippen molar-refractivity contribution in [3.63, 3.8) is 0 Å². The number of hydrogen-bond donors (Lipinski definition) is 1. The summed E-state index contributed by atoms with van der Waals surface area (Å²) in [6, 6.07) is 8.83. The Labute approximate surface area is 180 Å². The summed E-state index contributed by atoms with van der Waals surface area (Å²) in [6.07, 6.45) is 6.02. The summed E-state index contributed by atoms with van der Waals surface area (Å²) in [5.41, 5.74) is 1.22. The Bertz CT molecular complexity index is 575. The van der Waals surface area contributed by atoms with E-state index in [-0.39, 0.29) is 24.0 Å². The molecule has 146 valence electrons. The summed E-state index contributed by atoms with van der Waals surface area (Å²) < 4.78 is 0. The van der Waals surface area contributed by atoms with Gasteiger partial charge in [-0.3, -0.25) is 9.89 Å². The number of aliphatic imine (C=N–C) groups is 1. The van der Waals surface area contributed by atoms with Crippen LogP contribution in [0.15, 0.2) is 29.3 Å². The van der Waals surface area contributed by atoms with Crippen molar-refractivity contribution in [1.29, 1.82) is 0 Å². The lowest BCUT2D eigenvalue weighted by Gasteiger charge is -2.25. The first-order chi connectivity index (χ1) is 12.3. The van der Waals surface area contributed by atoms with Crippen molar-refractivity contribution in [3.05, 3.63) is 34.9 Å². The van der Waals surface area contributed by atoms with Crippen molar-refractivity contribution < 1.29 is 0 Å². The van der Waals surface area contributed by atoms with Crippen molar-refractivity contribution in [2.75, 3.05) is 39.3 Å². The van der Waals surface area contributed by atoms with E-state index in [1.165, 1.54) is 37.9 Å². The number of rotatable bonds is 6. The highest BCUT2D eigenvalue weighted by molar-refractivity contribution is 14.0. The third kappa shape index (κ3) is 5.99. The summed E-state index contributed by atoms with van der Waals surface area (Å²) in [6.45, 7) is 8.72. The molecule has 0 amide bonds. The zero-order chi connectivity index (χ0) is 17.5. The Morgan fingerprint density at radius 3 is 2.73 bits per heavy atom. The molecule has 3 rings (SSSR count).